The van der Waals surface area contributed by atoms with E-state index < -0.39 is 30.1 Å². The molecule has 0 bridgehead atoms. The van der Waals surface area contributed by atoms with Gasteiger partial charge in [-0.3, -0.25) is 9.59 Å². The Morgan fingerprint density at radius 2 is 1.01 bits per heavy atom. The lowest BCUT2D eigenvalue weighted by Crippen LogP contribution is -2.42. The summed E-state index contributed by atoms with van der Waals surface area (Å²) in [4.78, 5) is 25.7. The molecule has 0 spiro atoms. The maximum atomic E-state index is 13.0. The average Bonchev–Trinajstić information content (AvgIpc) is 4.05. The van der Waals surface area contributed by atoms with Crippen molar-refractivity contribution in [3.63, 3.8) is 0 Å². The Morgan fingerprint density at radius 3 is 1.43 bits per heavy atom. The number of thioether (sulfide) groups is 1. The van der Waals surface area contributed by atoms with Crippen molar-refractivity contribution in [3.8, 4) is 0 Å². The molecule has 17 nitrogen and oxygen atoms in total. The predicted octanol–water partition coefficient (Wildman–Crippen LogP) is 7.63. The minimum atomic E-state index is -3.84. The van der Waals surface area contributed by atoms with Crippen LogP contribution in [0.4, 0.5) is 11.4 Å². The number of rotatable bonds is 16. The fourth-order valence-electron chi connectivity index (χ4n) is 7.61. The molecule has 23 heteroatoms. The van der Waals surface area contributed by atoms with Crippen LogP contribution in [0, 0.1) is 0 Å². The van der Waals surface area contributed by atoms with E-state index in [1.165, 1.54) is 43.8 Å². The molecule has 6 N–H and O–H groups in total. The molecule has 0 unspecified atom stereocenters. The molecule has 4 heterocycles. The fourth-order valence-corrected chi connectivity index (χ4v) is 11.7. The molecular formula is C47H51Cl2N7O10S4. The van der Waals surface area contributed by atoms with Crippen LogP contribution in [0.3, 0.4) is 0 Å². The maximum absolute atomic E-state index is 13.0. The number of hydrogen-bond acceptors (Lipinski definition) is 13. The molecule has 0 aliphatic carbocycles. The highest BCUT2D eigenvalue weighted by Gasteiger charge is 2.33. The molecule has 2 aliphatic rings. The van der Waals surface area contributed by atoms with Crippen LogP contribution in [-0.2, 0) is 43.2 Å². The van der Waals surface area contributed by atoms with Crippen LogP contribution >= 0.6 is 35.0 Å². The molecule has 6 aromatic rings. The highest BCUT2D eigenvalue weighted by Crippen LogP contribution is 2.28. The van der Waals surface area contributed by atoms with Gasteiger partial charge in [-0.05, 0) is 141 Å². The van der Waals surface area contributed by atoms with E-state index >= 15 is 0 Å². The number of hydrogen-bond donors (Lipinski definition) is 5. The first-order valence-corrected chi connectivity index (χ1v) is 28.3. The Hall–Kier alpha value is -5.36. The smallest absolute Gasteiger partial charge is 0.276 e. The zero-order valence-electron chi connectivity index (χ0n) is 37.7. The van der Waals surface area contributed by atoms with Crippen LogP contribution in [-0.4, -0.2) is 90.2 Å². The highest BCUT2D eigenvalue weighted by molar-refractivity contribution is 7.98. The van der Waals surface area contributed by atoms with E-state index in [0.717, 1.165) is 5.69 Å². The standard InChI is InChI=1S/C24H26ClN3O4S2.C23H25ClN4O6S2/c1-33-22-4-2-3-20(15-22)27-19-11-13-28(14-12-19)34(30,31)23-10-9-21(32-23)16-26-24(29)17-5-7-18(25)8-6-17;24-17-6-4-16(5-7-17)23(29)26-15-20-8-9-22(34-20)36(32,33)28-12-10-18(11-13-28)27-19-2-1-3-21(14-19)35(25,30)31/h2-10,15,19,27H,11-14,16H2,1H3,(H,26,29);1-9,14,18,27H,10-13,15H2,(H,26,29)(H2,25,30,31). The molecule has 4 aromatic carbocycles. The Balaban J connectivity index is 0.000000207. The normalized spacial score (nSPS) is 15.4. The molecule has 2 fully saturated rings. The van der Waals surface area contributed by atoms with Crippen molar-refractivity contribution in [2.24, 2.45) is 5.14 Å². The van der Waals surface area contributed by atoms with Gasteiger partial charge in [-0.15, -0.1) is 11.8 Å². The van der Waals surface area contributed by atoms with E-state index in [-0.39, 0.29) is 65.2 Å². The Morgan fingerprint density at radius 1 is 0.600 bits per heavy atom. The number of nitrogens with one attached hydrogen (secondary N) is 4. The van der Waals surface area contributed by atoms with Crippen LogP contribution < -0.4 is 26.4 Å². The average molecular weight is 1070 g/mol. The number of furan rings is 2. The van der Waals surface area contributed by atoms with Crippen molar-refractivity contribution in [1.29, 1.82) is 0 Å². The summed E-state index contributed by atoms with van der Waals surface area (Å²) in [6, 6.07) is 33.4. The molecule has 2 aromatic heterocycles. The van der Waals surface area contributed by atoms with Crippen molar-refractivity contribution in [1.82, 2.24) is 19.2 Å². The summed E-state index contributed by atoms with van der Waals surface area (Å²) in [7, 11) is -11.4. The van der Waals surface area contributed by atoms with E-state index in [9.17, 15) is 34.8 Å². The monoisotopic (exact) mass is 1070 g/mol. The number of halogens is 2. The van der Waals surface area contributed by atoms with Crippen molar-refractivity contribution < 1.29 is 43.7 Å². The van der Waals surface area contributed by atoms with E-state index in [1.54, 1.807) is 78.5 Å². The number of carbonyl (C=O) groups is 2. The Labute approximate surface area is 421 Å². The first-order valence-electron chi connectivity index (χ1n) is 21.9. The van der Waals surface area contributed by atoms with Crippen LogP contribution in [0.5, 0.6) is 0 Å². The van der Waals surface area contributed by atoms with E-state index in [0.29, 0.717) is 77.2 Å². The second-order valence-electron chi connectivity index (χ2n) is 16.3. The molecule has 2 amide bonds. The summed E-state index contributed by atoms with van der Waals surface area (Å²) in [5.74, 6) is 0.0417. The minimum absolute atomic E-state index is 0.00509. The molecule has 0 saturated carbocycles. The molecular weight excluding hydrogens is 1020 g/mol. The second-order valence-corrected chi connectivity index (χ2v) is 23.3. The van der Waals surface area contributed by atoms with Gasteiger partial charge in [-0.25, -0.2) is 30.4 Å². The quantitative estimate of drug-likeness (QED) is 0.0587. The summed E-state index contributed by atoms with van der Waals surface area (Å²) < 4.78 is 89.2. The second kappa shape index (κ2) is 23.2. The molecule has 0 atom stereocenters. The third-order valence-corrected chi connectivity index (χ3v) is 17.1. The number of nitrogens with two attached hydrogens (primary N) is 1. The number of benzene rings is 4. The molecule has 0 radical (unpaired) electrons. The van der Waals surface area contributed by atoms with Gasteiger partial charge < -0.3 is 30.1 Å². The molecule has 2 aliphatic heterocycles. The topological polar surface area (TPSA) is 243 Å². The van der Waals surface area contributed by atoms with Gasteiger partial charge in [-0.1, -0.05) is 35.3 Å². The highest BCUT2D eigenvalue weighted by atomic mass is 35.5. The van der Waals surface area contributed by atoms with Crippen molar-refractivity contribution in [2.75, 3.05) is 43.1 Å². The van der Waals surface area contributed by atoms with E-state index in [2.05, 4.69) is 33.4 Å². The van der Waals surface area contributed by atoms with Gasteiger partial charge in [-0.2, -0.15) is 8.61 Å². The maximum Gasteiger partial charge on any atom is 0.276 e. The summed E-state index contributed by atoms with van der Waals surface area (Å²) in [5, 5.41) is 18.1. The minimum Gasteiger partial charge on any atom is -0.446 e. The summed E-state index contributed by atoms with van der Waals surface area (Å²) in [6.45, 7) is 1.45. The Bertz CT molecular complexity index is 3100. The van der Waals surface area contributed by atoms with Gasteiger partial charge in [0, 0.05) is 75.7 Å². The zero-order valence-corrected chi connectivity index (χ0v) is 42.5. The third kappa shape index (κ3) is 13.9. The number of primary sulfonamides is 1. The Kier molecular flexibility index (Phi) is 17.4. The third-order valence-electron chi connectivity index (χ3n) is 11.4. The lowest BCUT2D eigenvalue weighted by Gasteiger charge is -2.31. The predicted molar refractivity (Wildman–Crippen MR) is 270 cm³/mol. The number of amides is 2. The van der Waals surface area contributed by atoms with Gasteiger partial charge in [0.2, 0.25) is 20.2 Å². The van der Waals surface area contributed by atoms with E-state index in [1.807, 2.05) is 18.4 Å². The summed E-state index contributed by atoms with van der Waals surface area (Å²) >= 11 is 13.4. The van der Waals surface area contributed by atoms with Gasteiger partial charge in [0.25, 0.3) is 31.9 Å². The SMILES string of the molecule is CSc1cccc(NC2CCN(S(=O)(=O)c3ccc(CNC(=O)c4ccc(Cl)cc4)o3)CC2)c1.NS(=O)(=O)c1cccc(NC2CCN(S(=O)(=O)c3ccc(CNC(=O)c4ccc(Cl)cc4)o3)CC2)c1. The molecule has 70 heavy (non-hydrogen) atoms. The van der Waals surface area contributed by atoms with E-state index in [4.69, 9.17) is 37.2 Å². The van der Waals surface area contributed by atoms with Crippen LogP contribution in [0.25, 0.3) is 0 Å². The van der Waals surface area contributed by atoms with Crippen molar-refractivity contribution >= 4 is 88.2 Å². The first kappa shape index (κ1) is 52.5. The molecule has 372 valence electrons. The number of nitrogens with zero attached hydrogens (tertiary/aromatic N) is 2. The number of anilines is 2. The van der Waals surface area contributed by atoms with Gasteiger partial charge in [0.1, 0.15) is 11.5 Å². The molecule has 8 rings (SSSR count). The van der Waals surface area contributed by atoms with Gasteiger partial charge in [0.15, 0.2) is 0 Å². The lowest BCUT2D eigenvalue weighted by atomic mass is 10.1. The zero-order chi connectivity index (χ0) is 50.1. The van der Waals surface area contributed by atoms with Crippen LogP contribution in [0.15, 0.2) is 150 Å². The first-order chi connectivity index (χ1) is 33.4. The fraction of sp³-hybridized carbons (Fsp3) is 0.277. The van der Waals surface area contributed by atoms with Crippen molar-refractivity contribution in [3.05, 3.63) is 154 Å². The van der Waals surface area contributed by atoms with Gasteiger partial charge >= 0.3 is 0 Å². The number of carbonyl (C=O) groups excluding carboxylic acids is 2. The lowest BCUT2D eigenvalue weighted by molar-refractivity contribution is 0.0939. The summed E-state index contributed by atoms with van der Waals surface area (Å²) in [6.07, 6.45) is 4.48. The summed E-state index contributed by atoms with van der Waals surface area (Å²) in [5.41, 5.74) is 2.52. The van der Waals surface area contributed by atoms with Crippen LogP contribution in [0.1, 0.15) is 57.9 Å². The largest absolute Gasteiger partial charge is 0.446 e. The molecule has 2 saturated heterocycles. The number of piperidine rings is 2. The number of sulfonamides is 3. The van der Waals surface area contributed by atoms with Gasteiger partial charge in [0.05, 0.1) is 18.0 Å². The van der Waals surface area contributed by atoms with Crippen molar-refractivity contribution in [2.45, 2.75) is 70.8 Å². The van der Waals surface area contributed by atoms with Crippen LogP contribution in [0.2, 0.25) is 10.0 Å².